The molecule has 0 aliphatic carbocycles. The Morgan fingerprint density at radius 2 is 2.00 bits per heavy atom. The number of rotatable bonds is 7. The lowest BCUT2D eigenvalue weighted by molar-refractivity contribution is -0.121. The molecule has 0 saturated heterocycles. The molecule has 0 spiro atoms. The van der Waals surface area contributed by atoms with Gasteiger partial charge in [-0.25, -0.2) is 4.68 Å². The molecule has 0 bridgehead atoms. The Bertz CT molecular complexity index is 695. The summed E-state index contributed by atoms with van der Waals surface area (Å²) in [6.45, 7) is 5.97. The number of benzene rings is 1. The molecular weight excluding hydrogens is 326 g/mol. The number of aryl methyl sites for hydroxylation is 1. The Labute approximate surface area is 147 Å². The summed E-state index contributed by atoms with van der Waals surface area (Å²) in [6.07, 6.45) is 1.76. The first-order valence-electron chi connectivity index (χ1n) is 8.13. The van der Waals surface area contributed by atoms with Crippen LogP contribution in [-0.2, 0) is 11.2 Å². The number of carbonyl (C=O) groups is 1. The highest BCUT2D eigenvalue weighted by molar-refractivity contribution is 6.30. The van der Waals surface area contributed by atoms with Crippen LogP contribution in [0.5, 0.6) is 0 Å². The third kappa shape index (κ3) is 4.58. The second-order valence-corrected chi connectivity index (χ2v) is 6.49. The highest BCUT2D eigenvalue weighted by Crippen LogP contribution is 2.20. The van der Waals surface area contributed by atoms with Gasteiger partial charge in [0, 0.05) is 28.9 Å². The van der Waals surface area contributed by atoms with Crippen LogP contribution in [0.15, 0.2) is 24.3 Å². The largest absolute Gasteiger partial charge is 0.396 e. The fourth-order valence-corrected chi connectivity index (χ4v) is 2.85. The number of hydrogen-bond donors (Lipinski definition) is 2. The van der Waals surface area contributed by atoms with Crippen molar-refractivity contribution in [1.29, 1.82) is 0 Å². The summed E-state index contributed by atoms with van der Waals surface area (Å²) in [5, 5.41) is 17.1. The van der Waals surface area contributed by atoms with Gasteiger partial charge in [-0.2, -0.15) is 5.10 Å². The second kappa shape index (κ2) is 8.31. The Morgan fingerprint density at radius 3 is 2.62 bits per heavy atom. The van der Waals surface area contributed by atoms with Crippen molar-refractivity contribution in [3.05, 3.63) is 46.2 Å². The molecule has 0 aliphatic rings. The number of carbonyl (C=O) groups excluding carboxylic acids is 1. The van der Waals surface area contributed by atoms with Crippen molar-refractivity contribution in [3.63, 3.8) is 0 Å². The number of amides is 1. The third-order valence-corrected chi connectivity index (χ3v) is 4.30. The van der Waals surface area contributed by atoms with E-state index in [2.05, 4.69) is 10.4 Å². The van der Waals surface area contributed by atoms with Gasteiger partial charge in [0.2, 0.25) is 5.91 Å². The predicted molar refractivity (Wildman–Crippen MR) is 95.7 cm³/mol. The smallest absolute Gasteiger partial charge is 0.224 e. The number of halogens is 1. The van der Waals surface area contributed by atoms with E-state index < -0.39 is 0 Å². The lowest BCUT2D eigenvalue weighted by atomic mass is 10.1. The number of aliphatic hydroxyl groups excluding tert-OH is 1. The van der Waals surface area contributed by atoms with Crippen LogP contribution >= 0.6 is 11.6 Å². The van der Waals surface area contributed by atoms with Crippen molar-refractivity contribution in [1.82, 2.24) is 15.1 Å². The minimum atomic E-state index is -0.0257. The molecule has 0 aliphatic heterocycles. The maximum absolute atomic E-state index is 12.3. The first-order valence-corrected chi connectivity index (χ1v) is 8.51. The molecule has 2 N–H and O–H groups in total. The highest BCUT2D eigenvalue weighted by atomic mass is 35.5. The summed E-state index contributed by atoms with van der Waals surface area (Å²) < 4.78 is 1.84. The van der Waals surface area contributed by atoms with E-state index in [-0.39, 0.29) is 18.6 Å². The Morgan fingerprint density at radius 1 is 1.33 bits per heavy atom. The summed E-state index contributed by atoms with van der Waals surface area (Å²) in [7, 11) is 0. The van der Waals surface area contributed by atoms with E-state index in [1.54, 1.807) is 0 Å². The van der Waals surface area contributed by atoms with Crippen molar-refractivity contribution >= 4 is 17.5 Å². The maximum Gasteiger partial charge on any atom is 0.224 e. The van der Waals surface area contributed by atoms with Crippen LogP contribution in [0, 0.1) is 13.8 Å². The quantitative estimate of drug-likeness (QED) is 0.807. The molecule has 1 amide bonds. The van der Waals surface area contributed by atoms with Crippen molar-refractivity contribution < 1.29 is 9.90 Å². The van der Waals surface area contributed by atoms with Crippen LogP contribution in [0.25, 0.3) is 5.69 Å². The SMILES string of the molecule is Cc1nn(-c2ccc(Cl)cc2)c(C)c1CC(=O)NC(C)CCCO. The summed E-state index contributed by atoms with van der Waals surface area (Å²) in [5.74, 6) is -0.0257. The Kier molecular flexibility index (Phi) is 6.40. The molecule has 24 heavy (non-hydrogen) atoms. The van der Waals surface area contributed by atoms with Crippen LogP contribution in [0.2, 0.25) is 5.02 Å². The number of nitrogens with one attached hydrogen (secondary N) is 1. The van der Waals surface area contributed by atoms with Gasteiger partial charge in [-0.1, -0.05) is 11.6 Å². The van der Waals surface area contributed by atoms with Crippen LogP contribution in [0.3, 0.4) is 0 Å². The number of aliphatic hydroxyl groups is 1. The van der Waals surface area contributed by atoms with E-state index in [4.69, 9.17) is 16.7 Å². The highest BCUT2D eigenvalue weighted by Gasteiger charge is 2.17. The molecule has 0 radical (unpaired) electrons. The average molecular weight is 350 g/mol. The fraction of sp³-hybridized carbons (Fsp3) is 0.444. The van der Waals surface area contributed by atoms with Gasteiger partial charge in [0.15, 0.2) is 0 Å². The first kappa shape index (κ1) is 18.5. The molecule has 0 saturated carbocycles. The van der Waals surface area contributed by atoms with Gasteiger partial charge in [0.25, 0.3) is 0 Å². The van der Waals surface area contributed by atoms with Crippen molar-refractivity contribution in [3.8, 4) is 5.69 Å². The molecule has 1 atom stereocenters. The third-order valence-electron chi connectivity index (χ3n) is 4.05. The van der Waals surface area contributed by atoms with Crippen LogP contribution in [0.1, 0.15) is 36.7 Å². The van der Waals surface area contributed by atoms with E-state index in [9.17, 15) is 4.79 Å². The van der Waals surface area contributed by atoms with Gasteiger partial charge in [-0.3, -0.25) is 4.79 Å². The molecule has 1 aromatic heterocycles. The van der Waals surface area contributed by atoms with Gasteiger partial charge < -0.3 is 10.4 Å². The van der Waals surface area contributed by atoms with E-state index in [0.717, 1.165) is 29.1 Å². The molecule has 5 nitrogen and oxygen atoms in total. The number of nitrogens with zero attached hydrogens (tertiary/aromatic N) is 2. The molecule has 0 fully saturated rings. The lowest BCUT2D eigenvalue weighted by Gasteiger charge is -2.13. The van der Waals surface area contributed by atoms with Crippen LogP contribution in [-0.4, -0.2) is 33.4 Å². The summed E-state index contributed by atoms with van der Waals surface area (Å²) in [5.41, 5.74) is 3.66. The number of hydrogen-bond acceptors (Lipinski definition) is 3. The molecule has 2 aromatic rings. The summed E-state index contributed by atoms with van der Waals surface area (Å²) in [4.78, 5) is 12.3. The summed E-state index contributed by atoms with van der Waals surface area (Å²) >= 11 is 5.93. The minimum absolute atomic E-state index is 0.0257. The molecule has 6 heteroatoms. The van der Waals surface area contributed by atoms with Crippen molar-refractivity contribution in [2.45, 2.75) is 46.1 Å². The molecule has 1 unspecified atom stereocenters. The molecule has 1 aromatic carbocycles. The van der Waals surface area contributed by atoms with Gasteiger partial charge >= 0.3 is 0 Å². The van der Waals surface area contributed by atoms with Crippen LogP contribution in [0.4, 0.5) is 0 Å². The van der Waals surface area contributed by atoms with E-state index in [1.165, 1.54) is 0 Å². The van der Waals surface area contributed by atoms with Gasteiger partial charge in [0.05, 0.1) is 17.8 Å². The minimum Gasteiger partial charge on any atom is -0.396 e. The first-order chi connectivity index (χ1) is 11.4. The number of aromatic nitrogens is 2. The average Bonchev–Trinajstić information content (AvgIpc) is 2.81. The van der Waals surface area contributed by atoms with Gasteiger partial charge in [0.1, 0.15) is 0 Å². The second-order valence-electron chi connectivity index (χ2n) is 6.05. The van der Waals surface area contributed by atoms with E-state index in [1.807, 2.05) is 49.7 Å². The molecule has 1 heterocycles. The standard InChI is InChI=1S/C18H24ClN3O2/c1-12(5-4-10-23)20-18(24)11-17-13(2)21-22(14(17)3)16-8-6-15(19)7-9-16/h6-9,12,23H,4-5,10-11H2,1-3H3,(H,20,24). The molecular formula is C18H24ClN3O2. The monoisotopic (exact) mass is 349 g/mol. The predicted octanol–water partition coefficient (Wildman–Crippen LogP) is 2.96. The fourth-order valence-electron chi connectivity index (χ4n) is 2.72. The van der Waals surface area contributed by atoms with Gasteiger partial charge in [-0.05, 0) is 57.9 Å². The summed E-state index contributed by atoms with van der Waals surface area (Å²) in [6, 6.07) is 7.51. The molecule has 130 valence electrons. The van der Waals surface area contributed by atoms with Gasteiger partial charge in [-0.15, -0.1) is 0 Å². The van der Waals surface area contributed by atoms with Crippen molar-refractivity contribution in [2.75, 3.05) is 6.61 Å². The zero-order chi connectivity index (χ0) is 17.7. The van der Waals surface area contributed by atoms with E-state index >= 15 is 0 Å². The lowest BCUT2D eigenvalue weighted by Crippen LogP contribution is -2.34. The van der Waals surface area contributed by atoms with Crippen LogP contribution < -0.4 is 5.32 Å². The normalized spacial score (nSPS) is 12.2. The van der Waals surface area contributed by atoms with Crippen molar-refractivity contribution in [2.24, 2.45) is 0 Å². The zero-order valence-electron chi connectivity index (χ0n) is 14.3. The van der Waals surface area contributed by atoms with E-state index in [0.29, 0.717) is 17.9 Å². The Hall–Kier alpha value is -1.85. The zero-order valence-corrected chi connectivity index (χ0v) is 15.1. The molecule has 2 rings (SSSR count). The topological polar surface area (TPSA) is 67.2 Å². The maximum atomic E-state index is 12.3. The Balaban J connectivity index is 2.11.